The van der Waals surface area contributed by atoms with Crippen LogP contribution in [0.4, 0.5) is 0 Å². The highest BCUT2D eigenvalue weighted by Crippen LogP contribution is 2.13. The van der Waals surface area contributed by atoms with Crippen molar-refractivity contribution in [3.05, 3.63) is 36.2 Å². The number of nitrogens with one attached hydrogen (secondary N) is 1. The SMILES string of the molecule is O=C(O)CCCc1nc(-c2ccccc2)n[nH]1. The Labute approximate surface area is 98.5 Å². The predicted octanol–water partition coefficient (Wildman–Crippen LogP) is 1.88. The van der Waals surface area contributed by atoms with E-state index in [4.69, 9.17) is 5.11 Å². The topological polar surface area (TPSA) is 78.9 Å². The van der Waals surface area contributed by atoms with E-state index < -0.39 is 5.97 Å². The quantitative estimate of drug-likeness (QED) is 0.823. The zero-order valence-corrected chi connectivity index (χ0v) is 9.26. The van der Waals surface area contributed by atoms with E-state index in [-0.39, 0.29) is 6.42 Å². The van der Waals surface area contributed by atoms with Crippen LogP contribution in [0.5, 0.6) is 0 Å². The number of carboxylic acid groups (broad SMARTS) is 1. The number of aromatic amines is 1. The van der Waals surface area contributed by atoms with Crippen molar-refractivity contribution in [1.29, 1.82) is 0 Å². The van der Waals surface area contributed by atoms with Gasteiger partial charge in [0.25, 0.3) is 0 Å². The van der Waals surface area contributed by atoms with Gasteiger partial charge in [-0.05, 0) is 6.42 Å². The number of hydrogen-bond acceptors (Lipinski definition) is 3. The maximum Gasteiger partial charge on any atom is 0.303 e. The molecule has 0 spiro atoms. The number of carboxylic acids is 1. The normalized spacial score (nSPS) is 10.4. The first kappa shape index (κ1) is 11.3. The fourth-order valence-corrected chi connectivity index (χ4v) is 1.53. The fraction of sp³-hybridized carbons (Fsp3) is 0.250. The van der Waals surface area contributed by atoms with Gasteiger partial charge in [-0.15, -0.1) is 0 Å². The molecule has 0 fully saturated rings. The van der Waals surface area contributed by atoms with E-state index in [0.717, 1.165) is 11.4 Å². The van der Waals surface area contributed by atoms with Crippen LogP contribution in [0.1, 0.15) is 18.7 Å². The standard InChI is InChI=1S/C12H13N3O2/c16-11(17)8-4-7-10-13-12(15-14-10)9-5-2-1-3-6-9/h1-3,5-6H,4,7-8H2,(H,16,17)(H,13,14,15). The van der Waals surface area contributed by atoms with Crippen LogP contribution in [0, 0.1) is 0 Å². The zero-order valence-electron chi connectivity index (χ0n) is 9.26. The van der Waals surface area contributed by atoms with Gasteiger partial charge in [0.05, 0.1) is 0 Å². The number of hydrogen-bond donors (Lipinski definition) is 2. The highest BCUT2D eigenvalue weighted by Gasteiger charge is 2.05. The van der Waals surface area contributed by atoms with Crippen LogP contribution < -0.4 is 0 Å². The summed E-state index contributed by atoms with van der Waals surface area (Å²) in [5.74, 6) is 0.592. The highest BCUT2D eigenvalue weighted by molar-refractivity contribution is 5.66. The van der Waals surface area contributed by atoms with Crippen molar-refractivity contribution in [2.45, 2.75) is 19.3 Å². The Kier molecular flexibility index (Phi) is 3.49. The van der Waals surface area contributed by atoms with E-state index in [2.05, 4.69) is 15.2 Å². The molecule has 2 aromatic rings. The van der Waals surface area contributed by atoms with Gasteiger partial charge in [0.15, 0.2) is 5.82 Å². The second-order valence-corrected chi connectivity index (χ2v) is 3.72. The first-order valence-electron chi connectivity index (χ1n) is 5.44. The third-order valence-electron chi connectivity index (χ3n) is 2.37. The lowest BCUT2D eigenvalue weighted by Gasteiger charge is -1.93. The summed E-state index contributed by atoms with van der Waals surface area (Å²) in [6, 6.07) is 9.66. The Bertz CT molecular complexity index is 493. The Balaban J connectivity index is 1.99. The third-order valence-corrected chi connectivity index (χ3v) is 2.37. The van der Waals surface area contributed by atoms with Crippen LogP contribution >= 0.6 is 0 Å². The van der Waals surface area contributed by atoms with Crippen LogP contribution in [0.3, 0.4) is 0 Å². The maximum absolute atomic E-state index is 10.4. The van der Waals surface area contributed by atoms with Gasteiger partial charge in [-0.25, -0.2) is 4.98 Å². The minimum absolute atomic E-state index is 0.154. The summed E-state index contributed by atoms with van der Waals surface area (Å²) in [5, 5.41) is 15.5. The molecule has 0 aliphatic heterocycles. The number of benzene rings is 1. The molecule has 0 radical (unpaired) electrons. The second kappa shape index (κ2) is 5.25. The Morgan fingerprint density at radius 3 is 2.76 bits per heavy atom. The predicted molar refractivity (Wildman–Crippen MR) is 62.4 cm³/mol. The van der Waals surface area contributed by atoms with Crippen LogP contribution in [0.25, 0.3) is 11.4 Å². The minimum atomic E-state index is -0.784. The Morgan fingerprint density at radius 2 is 2.06 bits per heavy atom. The van der Waals surface area contributed by atoms with Gasteiger partial charge in [0.2, 0.25) is 0 Å². The molecule has 0 aliphatic carbocycles. The molecule has 0 aliphatic rings. The van der Waals surface area contributed by atoms with Crippen molar-refractivity contribution < 1.29 is 9.90 Å². The number of carbonyl (C=O) groups is 1. The monoisotopic (exact) mass is 231 g/mol. The molecule has 0 saturated heterocycles. The average molecular weight is 231 g/mol. The van der Waals surface area contributed by atoms with Gasteiger partial charge in [-0.3, -0.25) is 9.89 Å². The van der Waals surface area contributed by atoms with Crippen molar-refractivity contribution in [2.75, 3.05) is 0 Å². The first-order chi connectivity index (χ1) is 8.25. The minimum Gasteiger partial charge on any atom is -0.481 e. The molecule has 1 aromatic heterocycles. The van der Waals surface area contributed by atoms with Gasteiger partial charge < -0.3 is 5.11 Å². The van der Waals surface area contributed by atoms with Crippen LogP contribution in [0.2, 0.25) is 0 Å². The molecule has 0 bridgehead atoms. The van der Waals surface area contributed by atoms with Crippen molar-refractivity contribution in [3.63, 3.8) is 0 Å². The molecule has 1 aromatic carbocycles. The molecule has 0 atom stereocenters. The van der Waals surface area contributed by atoms with Crippen molar-refractivity contribution in [2.24, 2.45) is 0 Å². The summed E-state index contributed by atoms with van der Waals surface area (Å²) < 4.78 is 0. The number of aliphatic carboxylic acids is 1. The van der Waals surface area contributed by atoms with E-state index in [1.807, 2.05) is 30.3 Å². The smallest absolute Gasteiger partial charge is 0.303 e. The third kappa shape index (κ3) is 3.14. The fourth-order valence-electron chi connectivity index (χ4n) is 1.53. The van der Waals surface area contributed by atoms with E-state index in [9.17, 15) is 4.79 Å². The van der Waals surface area contributed by atoms with Gasteiger partial charge in [0.1, 0.15) is 5.82 Å². The Morgan fingerprint density at radius 1 is 1.29 bits per heavy atom. The summed E-state index contributed by atoms with van der Waals surface area (Å²) >= 11 is 0. The van der Waals surface area contributed by atoms with Crippen molar-refractivity contribution in [1.82, 2.24) is 15.2 Å². The molecular formula is C12H13N3O2. The van der Waals surface area contributed by atoms with E-state index >= 15 is 0 Å². The lowest BCUT2D eigenvalue weighted by Crippen LogP contribution is -1.96. The van der Waals surface area contributed by atoms with Gasteiger partial charge in [0, 0.05) is 18.4 Å². The molecule has 1 heterocycles. The largest absolute Gasteiger partial charge is 0.481 e. The number of rotatable bonds is 5. The number of nitrogens with zero attached hydrogens (tertiary/aromatic N) is 2. The highest BCUT2D eigenvalue weighted by atomic mass is 16.4. The molecule has 0 amide bonds. The molecule has 2 rings (SSSR count). The number of aromatic nitrogens is 3. The summed E-state index contributed by atoms with van der Waals surface area (Å²) in [5.41, 5.74) is 0.952. The van der Waals surface area contributed by atoms with E-state index in [1.165, 1.54) is 0 Å². The van der Waals surface area contributed by atoms with Crippen LogP contribution in [-0.2, 0) is 11.2 Å². The molecule has 0 unspecified atom stereocenters. The zero-order chi connectivity index (χ0) is 12.1. The summed E-state index contributed by atoms with van der Waals surface area (Å²) in [6.45, 7) is 0. The lowest BCUT2D eigenvalue weighted by molar-refractivity contribution is -0.137. The van der Waals surface area contributed by atoms with Gasteiger partial charge in [-0.1, -0.05) is 30.3 Å². The molecule has 5 nitrogen and oxygen atoms in total. The van der Waals surface area contributed by atoms with E-state index in [0.29, 0.717) is 18.7 Å². The second-order valence-electron chi connectivity index (χ2n) is 3.72. The molecule has 5 heteroatoms. The average Bonchev–Trinajstić information content (AvgIpc) is 2.78. The van der Waals surface area contributed by atoms with Crippen LogP contribution in [0.15, 0.2) is 30.3 Å². The van der Waals surface area contributed by atoms with Crippen molar-refractivity contribution >= 4 is 5.97 Å². The van der Waals surface area contributed by atoms with E-state index in [1.54, 1.807) is 0 Å². The molecular weight excluding hydrogens is 218 g/mol. The Hall–Kier alpha value is -2.17. The first-order valence-corrected chi connectivity index (χ1v) is 5.44. The van der Waals surface area contributed by atoms with Crippen molar-refractivity contribution in [3.8, 4) is 11.4 Å². The molecule has 0 saturated carbocycles. The number of H-pyrrole nitrogens is 1. The molecule has 88 valence electrons. The summed E-state index contributed by atoms with van der Waals surface area (Å²) in [7, 11) is 0. The number of aryl methyl sites for hydroxylation is 1. The molecule has 17 heavy (non-hydrogen) atoms. The van der Waals surface area contributed by atoms with Gasteiger partial charge >= 0.3 is 5.97 Å². The summed E-state index contributed by atoms with van der Waals surface area (Å²) in [6.07, 6.45) is 1.33. The lowest BCUT2D eigenvalue weighted by atomic mass is 10.2. The summed E-state index contributed by atoms with van der Waals surface area (Å²) in [4.78, 5) is 14.7. The molecule has 2 N–H and O–H groups in total. The van der Waals surface area contributed by atoms with Gasteiger partial charge in [-0.2, -0.15) is 5.10 Å². The maximum atomic E-state index is 10.4. The van der Waals surface area contributed by atoms with Crippen LogP contribution in [-0.4, -0.2) is 26.3 Å².